The van der Waals surface area contributed by atoms with E-state index in [0.29, 0.717) is 5.02 Å². The highest BCUT2D eigenvalue weighted by atomic mass is 35.5. The highest BCUT2D eigenvalue weighted by Gasteiger charge is 2.14. The van der Waals surface area contributed by atoms with Gasteiger partial charge in [-0.3, -0.25) is 14.9 Å². The largest absolute Gasteiger partial charge is 0.457 e. The van der Waals surface area contributed by atoms with Gasteiger partial charge in [-0.2, -0.15) is 0 Å². The number of hydrogen-bond donors (Lipinski definition) is 0. The van der Waals surface area contributed by atoms with Crippen LogP contribution in [0.25, 0.3) is 0 Å². The van der Waals surface area contributed by atoms with Crippen LogP contribution in [0.15, 0.2) is 53.4 Å². The second-order valence-electron chi connectivity index (χ2n) is 4.69. The molecule has 0 heterocycles. The van der Waals surface area contributed by atoms with Crippen LogP contribution in [0, 0.1) is 10.1 Å². The van der Waals surface area contributed by atoms with Crippen LogP contribution in [-0.4, -0.2) is 16.6 Å². The van der Waals surface area contributed by atoms with Gasteiger partial charge in [0.1, 0.15) is 6.10 Å². The second-order valence-corrected chi connectivity index (χ2v) is 6.15. The van der Waals surface area contributed by atoms with Gasteiger partial charge in [-0.25, -0.2) is 0 Å². The second kappa shape index (κ2) is 7.99. The third-order valence-corrected chi connectivity index (χ3v) is 4.39. The van der Waals surface area contributed by atoms with Gasteiger partial charge >= 0.3 is 5.97 Å². The zero-order chi connectivity index (χ0) is 16.8. The van der Waals surface area contributed by atoms with E-state index in [1.807, 2.05) is 18.2 Å². The molecule has 120 valence electrons. The van der Waals surface area contributed by atoms with Crippen LogP contribution in [0.5, 0.6) is 0 Å². The third kappa shape index (κ3) is 4.97. The number of carbonyl (C=O) groups is 1. The predicted molar refractivity (Wildman–Crippen MR) is 89.8 cm³/mol. The molecule has 5 nitrogen and oxygen atoms in total. The highest BCUT2D eigenvalue weighted by Crippen LogP contribution is 2.26. The van der Waals surface area contributed by atoms with Crippen molar-refractivity contribution in [2.24, 2.45) is 0 Å². The van der Waals surface area contributed by atoms with E-state index in [-0.39, 0.29) is 17.4 Å². The Labute approximate surface area is 142 Å². The molecule has 0 aromatic heterocycles. The van der Waals surface area contributed by atoms with Crippen molar-refractivity contribution in [3.8, 4) is 0 Å². The first-order chi connectivity index (χ1) is 11.0. The van der Waals surface area contributed by atoms with Crippen molar-refractivity contribution >= 4 is 35.0 Å². The molecule has 0 aliphatic carbocycles. The third-order valence-electron chi connectivity index (χ3n) is 3.06. The molecule has 0 amide bonds. The quantitative estimate of drug-likeness (QED) is 0.328. The minimum atomic E-state index is -0.464. The molecular formula is C16H14ClNO4S. The van der Waals surface area contributed by atoms with E-state index < -0.39 is 11.0 Å². The van der Waals surface area contributed by atoms with E-state index in [9.17, 15) is 14.9 Å². The fourth-order valence-electron chi connectivity index (χ4n) is 1.91. The molecule has 0 unspecified atom stereocenters. The number of nitrogens with zero attached hydrogens (tertiary/aromatic N) is 1. The summed E-state index contributed by atoms with van der Waals surface area (Å²) in [6.07, 6.45) is -0.436. The van der Waals surface area contributed by atoms with E-state index in [1.54, 1.807) is 25.1 Å². The molecule has 0 saturated heterocycles. The average Bonchev–Trinajstić information content (AvgIpc) is 2.53. The molecule has 1 atom stereocenters. The molecule has 2 aromatic rings. The number of nitro groups is 1. The van der Waals surface area contributed by atoms with Gasteiger partial charge < -0.3 is 4.74 Å². The first kappa shape index (κ1) is 17.3. The summed E-state index contributed by atoms with van der Waals surface area (Å²) in [5, 5.41) is 11.1. The normalized spacial score (nSPS) is 11.7. The number of thioether (sulfide) groups is 1. The maximum Gasteiger partial charge on any atom is 0.316 e. The minimum Gasteiger partial charge on any atom is -0.457 e. The van der Waals surface area contributed by atoms with Gasteiger partial charge in [-0.1, -0.05) is 29.8 Å². The molecule has 23 heavy (non-hydrogen) atoms. The molecule has 0 spiro atoms. The fraction of sp³-hybridized carbons (Fsp3) is 0.188. The molecular weight excluding hydrogens is 338 g/mol. The van der Waals surface area contributed by atoms with Crippen molar-refractivity contribution in [2.45, 2.75) is 17.9 Å². The lowest BCUT2D eigenvalue weighted by Crippen LogP contribution is -2.11. The van der Waals surface area contributed by atoms with Crippen molar-refractivity contribution in [3.63, 3.8) is 0 Å². The Hall–Kier alpha value is -2.05. The SMILES string of the molecule is C[C@@H](OC(=O)CSc1ccc([N+](=O)[O-])cc1)c1ccccc1Cl. The van der Waals surface area contributed by atoms with Crippen LogP contribution in [-0.2, 0) is 9.53 Å². The smallest absolute Gasteiger partial charge is 0.316 e. The summed E-state index contributed by atoms with van der Waals surface area (Å²) in [5.41, 5.74) is 0.770. The van der Waals surface area contributed by atoms with Crippen LogP contribution >= 0.6 is 23.4 Å². The number of esters is 1. The van der Waals surface area contributed by atoms with E-state index in [0.717, 1.165) is 10.5 Å². The number of ether oxygens (including phenoxy) is 1. The van der Waals surface area contributed by atoms with Gasteiger partial charge in [0.25, 0.3) is 5.69 Å². The summed E-state index contributed by atoms with van der Waals surface area (Å²) in [6.45, 7) is 1.76. The number of halogens is 1. The van der Waals surface area contributed by atoms with E-state index >= 15 is 0 Å². The topological polar surface area (TPSA) is 69.4 Å². The number of benzene rings is 2. The van der Waals surface area contributed by atoms with Gasteiger partial charge in [0.15, 0.2) is 0 Å². The lowest BCUT2D eigenvalue weighted by atomic mass is 10.1. The monoisotopic (exact) mass is 351 g/mol. The van der Waals surface area contributed by atoms with Gasteiger partial charge in [-0.05, 0) is 25.1 Å². The van der Waals surface area contributed by atoms with Gasteiger partial charge in [-0.15, -0.1) is 11.8 Å². The zero-order valence-electron chi connectivity index (χ0n) is 12.3. The number of hydrogen-bond acceptors (Lipinski definition) is 5. The lowest BCUT2D eigenvalue weighted by Gasteiger charge is -2.14. The maximum absolute atomic E-state index is 11.9. The molecule has 0 saturated carbocycles. The Morgan fingerprint density at radius 1 is 1.26 bits per heavy atom. The Kier molecular flexibility index (Phi) is 6.01. The van der Waals surface area contributed by atoms with Gasteiger partial charge in [0, 0.05) is 27.6 Å². The van der Waals surface area contributed by atoms with Crippen LogP contribution in [0.1, 0.15) is 18.6 Å². The van der Waals surface area contributed by atoms with Gasteiger partial charge in [0.05, 0.1) is 10.7 Å². The fourth-order valence-corrected chi connectivity index (χ4v) is 2.88. The number of nitro benzene ring substituents is 1. The van der Waals surface area contributed by atoms with Crippen LogP contribution in [0.4, 0.5) is 5.69 Å². The molecule has 0 bridgehead atoms. The lowest BCUT2D eigenvalue weighted by molar-refractivity contribution is -0.384. The predicted octanol–water partition coefficient (Wildman–Crippen LogP) is 4.64. The number of non-ortho nitro benzene ring substituents is 1. The highest BCUT2D eigenvalue weighted by molar-refractivity contribution is 8.00. The number of rotatable bonds is 6. The first-order valence-corrected chi connectivity index (χ1v) is 8.15. The van der Waals surface area contributed by atoms with Crippen molar-refractivity contribution in [3.05, 3.63) is 69.2 Å². The Morgan fingerprint density at radius 3 is 2.52 bits per heavy atom. The Bertz CT molecular complexity index is 705. The van der Waals surface area contributed by atoms with Gasteiger partial charge in [0.2, 0.25) is 0 Å². The maximum atomic E-state index is 11.9. The van der Waals surface area contributed by atoms with Crippen LogP contribution in [0.2, 0.25) is 5.02 Å². The summed E-state index contributed by atoms with van der Waals surface area (Å²) in [7, 11) is 0. The summed E-state index contributed by atoms with van der Waals surface area (Å²) >= 11 is 7.32. The molecule has 0 radical (unpaired) electrons. The van der Waals surface area contributed by atoms with E-state index in [2.05, 4.69) is 0 Å². The zero-order valence-corrected chi connectivity index (χ0v) is 13.8. The standard InChI is InChI=1S/C16H14ClNO4S/c1-11(14-4-2-3-5-15(14)17)22-16(19)10-23-13-8-6-12(7-9-13)18(20)21/h2-9,11H,10H2,1H3/t11-/m1/s1. The Morgan fingerprint density at radius 2 is 1.91 bits per heavy atom. The van der Waals surface area contributed by atoms with Crippen LogP contribution in [0.3, 0.4) is 0 Å². The number of carbonyl (C=O) groups excluding carboxylic acids is 1. The molecule has 2 aromatic carbocycles. The molecule has 0 fully saturated rings. The summed E-state index contributed by atoms with van der Waals surface area (Å²) < 4.78 is 5.35. The molecule has 0 N–H and O–H groups in total. The minimum absolute atomic E-state index is 0.0178. The Balaban J connectivity index is 1.87. The summed E-state index contributed by atoms with van der Waals surface area (Å²) in [4.78, 5) is 22.8. The van der Waals surface area contributed by atoms with Crippen LogP contribution < -0.4 is 0 Å². The van der Waals surface area contributed by atoms with Crippen molar-refractivity contribution in [1.82, 2.24) is 0 Å². The molecule has 0 aliphatic rings. The molecule has 7 heteroatoms. The average molecular weight is 352 g/mol. The molecule has 2 rings (SSSR count). The van der Waals surface area contributed by atoms with Crippen molar-refractivity contribution < 1.29 is 14.5 Å². The van der Waals surface area contributed by atoms with E-state index in [1.165, 1.54) is 23.9 Å². The first-order valence-electron chi connectivity index (χ1n) is 6.78. The van der Waals surface area contributed by atoms with Crippen molar-refractivity contribution in [1.29, 1.82) is 0 Å². The van der Waals surface area contributed by atoms with E-state index in [4.69, 9.17) is 16.3 Å². The summed E-state index contributed by atoms with van der Waals surface area (Å²) in [6, 6.07) is 13.2. The summed E-state index contributed by atoms with van der Waals surface area (Å²) in [5.74, 6) is -0.257. The van der Waals surface area contributed by atoms with Crippen molar-refractivity contribution in [2.75, 3.05) is 5.75 Å². The molecule has 0 aliphatic heterocycles.